The van der Waals surface area contributed by atoms with E-state index in [1.165, 1.54) is 18.2 Å². The van der Waals surface area contributed by atoms with Crippen LogP contribution in [0.15, 0.2) is 22.6 Å². The van der Waals surface area contributed by atoms with Gasteiger partial charge in [-0.15, -0.1) is 10.2 Å². The lowest BCUT2D eigenvalue weighted by Crippen LogP contribution is -1.95. The van der Waals surface area contributed by atoms with Crippen LogP contribution in [-0.4, -0.2) is 10.2 Å². The van der Waals surface area contributed by atoms with E-state index in [-0.39, 0.29) is 17.5 Å². The molecule has 1 heterocycles. The van der Waals surface area contributed by atoms with Crippen LogP contribution >= 0.6 is 11.6 Å². The number of nitrogens with zero attached hydrogens (tertiary/aromatic N) is 2. The third-order valence-electron chi connectivity index (χ3n) is 1.81. The Bertz CT molecular complexity index is 486. The molecule has 2 N–H and O–H groups in total. The fraction of sp³-hybridized carbons (Fsp3) is 0.111. The Kier molecular flexibility index (Phi) is 2.66. The van der Waals surface area contributed by atoms with E-state index in [0.29, 0.717) is 11.5 Å². The molecular weight excluding hydrogens is 221 g/mol. The maximum atomic E-state index is 12.9. The Balaban J connectivity index is 2.40. The Morgan fingerprint density at radius 1 is 1.40 bits per heavy atom. The van der Waals surface area contributed by atoms with Gasteiger partial charge < -0.3 is 10.2 Å². The zero-order valence-electron chi connectivity index (χ0n) is 7.58. The van der Waals surface area contributed by atoms with Gasteiger partial charge in [0.1, 0.15) is 5.82 Å². The van der Waals surface area contributed by atoms with Gasteiger partial charge >= 0.3 is 0 Å². The van der Waals surface area contributed by atoms with Crippen LogP contribution < -0.4 is 5.73 Å². The molecule has 2 aromatic rings. The summed E-state index contributed by atoms with van der Waals surface area (Å²) in [5.41, 5.74) is 5.88. The number of rotatable bonds is 2. The highest BCUT2D eigenvalue weighted by Gasteiger charge is 2.09. The van der Waals surface area contributed by atoms with Crippen LogP contribution in [0.1, 0.15) is 5.89 Å². The fourth-order valence-corrected chi connectivity index (χ4v) is 1.26. The molecule has 0 amide bonds. The zero-order chi connectivity index (χ0) is 10.8. The van der Waals surface area contributed by atoms with Crippen molar-refractivity contribution in [2.75, 3.05) is 0 Å². The maximum absolute atomic E-state index is 12.9. The summed E-state index contributed by atoms with van der Waals surface area (Å²) < 4.78 is 18.1. The first-order valence-electron chi connectivity index (χ1n) is 4.18. The highest BCUT2D eigenvalue weighted by Crippen LogP contribution is 2.23. The van der Waals surface area contributed by atoms with Gasteiger partial charge in [0.05, 0.1) is 11.6 Å². The lowest BCUT2D eigenvalue weighted by Gasteiger charge is -1.96. The summed E-state index contributed by atoms with van der Waals surface area (Å²) in [6.07, 6.45) is 0. The van der Waals surface area contributed by atoms with Gasteiger partial charge in [-0.05, 0) is 18.2 Å². The van der Waals surface area contributed by atoms with Crippen LogP contribution in [0.4, 0.5) is 4.39 Å². The lowest BCUT2D eigenvalue weighted by molar-refractivity contribution is 0.508. The predicted molar refractivity (Wildman–Crippen MR) is 52.6 cm³/mol. The minimum Gasteiger partial charge on any atom is -0.419 e. The normalized spacial score (nSPS) is 10.6. The minimum atomic E-state index is -0.487. The number of nitrogens with two attached hydrogens (primary N) is 1. The average Bonchev–Trinajstić information content (AvgIpc) is 2.70. The molecule has 4 nitrogen and oxygen atoms in total. The van der Waals surface area contributed by atoms with E-state index in [1.54, 1.807) is 0 Å². The molecule has 0 spiro atoms. The van der Waals surface area contributed by atoms with Gasteiger partial charge in [0, 0.05) is 5.56 Å². The summed E-state index contributed by atoms with van der Waals surface area (Å²) in [6.45, 7) is 0.169. The van der Waals surface area contributed by atoms with E-state index in [0.717, 1.165) is 0 Å². The van der Waals surface area contributed by atoms with E-state index in [1.807, 2.05) is 0 Å². The molecule has 15 heavy (non-hydrogen) atoms. The van der Waals surface area contributed by atoms with E-state index >= 15 is 0 Å². The van der Waals surface area contributed by atoms with Crippen molar-refractivity contribution >= 4 is 11.6 Å². The van der Waals surface area contributed by atoms with Crippen LogP contribution in [0, 0.1) is 5.82 Å². The van der Waals surface area contributed by atoms with Crippen LogP contribution in [0.2, 0.25) is 5.02 Å². The van der Waals surface area contributed by atoms with Gasteiger partial charge in [0.25, 0.3) is 0 Å². The molecule has 0 aliphatic carbocycles. The third kappa shape index (κ3) is 1.98. The van der Waals surface area contributed by atoms with Crippen molar-refractivity contribution in [3.05, 3.63) is 34.9 Å². The van der Waals surface area contributed by atoms with E-state index in [9.17, 15) is 4.39 Å². The van der Waals surface area contributed by atoms with Crippen LogP contribution in [0.3, 0.4) is 0 Å². The topological polar surface area (TPSA) is 64.9 Å². The first-order valence-corrected chi connectivity index (χ1v) is 4.56. The molecule has 0 atom stereocenters. The van der Waals surface area contributed by atoms with Crippen molar-refractivity contribution in [3.63, 3.8) is 0 Å². The Hall–Kier alpha value is -1.46. The number of benzene rings is 1. The summed E-state index contributed by atoms with van der Waals surface area (Å²) in [5.74, 6) is 0.113. The minimum absolute atomic E-state index is 0.0139. The van der Waals surface area contributed by atoms with Crippen molar-refractivity contribution < 1.29 is 8.81 Å². The summed E-state index contributed by atoms with van der Waals surface area (Å²) >= 11 is 5.61. The molecule has 6 heteroatoms. The van der Waals surface area contributed by atoms with Crippen molar-refractivity contribution in [1.82, 2.24) is 10.2 Å². The second-order valence-corrected chi connectivity index (χ2v) is 3.24. The van der Waals surface area contributed by atoms with Crippen LogP contribution in [0.5, 0.6) is 0 Å². The number of aromatic nitrogens is 2. The number of hydrogen-bond acceptors (Lipinski definition) is 4. The molecule has 78 valence electrons. The quantitative estimate of drug-likeness (QED) is 0.852. The monoisotopic (exact) mass is 227 g/mol. The summed E-state index contributed by atoms with van der Waals surface area (Å²) in [4.78, 5) is 0. The van der Waals surface area contributed by atoms with E-state index in [2.05, 4.69) is 10.2 Å². The molecule has 1 aromatic carbocycles. The fourth-order valence-electron chi connectivity index (χ4n) is 1.08. The maximum Gasteiger partial charge on any atom is 0.247 e. The predicted octanol–water partition coefficient (Wildman–Crippen LogP) is 1.99. The van der Waals surface area contributed by atoms with Crippen molar-refractivity contribution in [3.8, 4) is 11.5 Å². The van der Waals surface area contributed by atoms with E-state index in [4.69, 9.17) is 21.8 Å². The average molecular weight is 228 g/mol. The third-order valence-corrected chi connectivity index (χ3v) is 2.10. The smallest absolute Gasteiger partial charge is 0.247 e. The molecule has 0 aliphatic rings. The van der Waals surface area contributed by atoms with Gasteiger partial charge in [-0.3, -0.25) is 0 Å². The molecule has 0 saturated heterocycles. The molecular formula is C9H7ClFN3O. The molecule has 0 aliphatic heterocycles. The molecule has 0 saturated carbocycles. The SMILES string of the molecule is NCc1nnc(-c2ccc(F)c(Cl)c2)o1. The molecule has 1 aromatic heterocycles. The van der Waals surface area contributed by atoms with E-state index < -0.39 is 5.82 Å². The first kappa shape index (κ1) is 10.1. The van der Waals surface area contributed by atoms with Crippen molar-refractivity contribution in [2.24, 2.45) is 5.73 Å². The standard InChI is InChI=1S/C9H7ClFN3O/c10-6-3-5(1-2-7(6)11)9-14-13-8(4-12)15-9/h1-3H,4,12H2. The molecule has 0 unspecified atom stereocenters. The molecule has 0 radical (unpaired) electrons. The van der Waals surface area contributed by atoms with Crippen molar-refractivity contribution in [2.45, 2.75) is 6.54 Å². The number of halogens is 2. The summed E-state index contributed by atoms with van der Waals surface area (Å²) in [7, 11) is 0. The first-order chi connectivity index (χ1) is 7.20. The second-order valence-electron chi connectivity index (χ2n) is 2.83. The number of hydrogen-bond donors (Lipinski definition) is 1. The van der Waals surface area contributed by atoms with Crippen molar-refractivity contribution in [1.29, 1.82) is 0 Å². The van der Waals surface area contributed by atoms with Gasteiger partial charge in [-0.2, -0.15) is 0 Å². The Morgan fingerprint density at radius 2 is 2.20 bits per heavy atom. The zero-order valence-corrected chi connectivity index (χ0v) is 8.33. The van der Waals surface area contributed by atoms with Gasteiger partial charge in [-0.1, -0.05) is 11.6 Å². The van der Waals surface area contributed by atoms with Gasteiger partial charge in [0.15, 0.2) is 0 Å². The molecule has 0 bridgehead atoms. The van der Waals surface area contributed by atoms with Crippen LogP contribution in [0.25, 0.3) is 11.5 Å². The van der Waals surface area contributed by atoms with Gasteiger partial charge in [-0.25, -0.2) is 4.39 Å². The highest BCUT2D eigenvalue weighted by molar-refractivity contribution is 6.31. The Morgan fingerprint density at radius 3 is 2.80 bits per heavy atom. The largest absolute Gasteiger partial charge is 0.419 e. The highest BCUT2D eigenvalue weighted by atomic mass is 35.5. The summed E-state index contributed by atoms with van der Waals surface area (Å²) in [5, 5.41) is 7.45. The van der Waals surface area contributed by atoms with Gasteiger partial charge in [0.2, 0.25) is 11.8 Å². The lowest BCUT2D eigenvalue weighted by atomic mass is 10.2. The molecule has 2 rings (SSSR count). The van der Waals surface area contributed by atoms with Crippen LogP contribution in [-0.2, 0) is 6.54 Å². The Labute approximate surface area is 89.9 Å². The second kappa shape index (κ2) is 3.96. The summed E-state index contributed by atoms with van der Waals surface area (Å²) in [6, 6.07) is 4.17. The molecule has 0 fully saturated rings.